The maximum Gasteiger partial charge on any atom is 1.00 e. The van der Waals surface area contributed by atoms with E-state index in [-0.39, 0.29) is 71.5 Å². The Bertz CT molecular complexity index is 1230. The van der Waals surface area contributed by atoms with E-state index in [1.54, 1.807) is 84.9 Å². The summed E-state index contributed by atoms with van der Waals surface area (Å²) in [7, 11) is 0. The van der Waals surface area contributed by atoms with Gasteiger partial charge < -0.3 is 19.8 Å². The van der Waals surface area contributed by atoms with Crippen LogP contribution in [0.25, 0.3) is 0 Å². The molecular weight excluding hydrogens is 446 g/mol. The molecule has 4 rings (SSSR count). The van der Waals surface area contributed by atoms with Crippen LogP contribution in [0.2, 0.25) is 0 Å². The van der Waals surface area contributed by atoms with Crippen molar-refractivity contribution in [1.29, 1.82) is 0 Å². The summed E-state index contributed by atoms with van der Waals surface area (Å²) >= 11 is 0. The Hall–Kier alpha value is -3.65. The van der Waals surface area contributed by atoms with E-state index in [2.05, 4.69) is 0 Å². The fourth-order valence-electron chi connectivity index (χ4n) is 3.21. The van der Waals surface area contributed by atoms with Crippen molar-refractivity contribution in [3.8, 4) is 0 Å². The first-order chi connectivity index (χ1) is 16.4. The van der Waals surface area contributed by atoms with Crippen LogP contribution in [0.4, 0.5) is 0 Å². The molecular formula is C28H18Li2O6. The second kappa shape index (κ2) is 14.7. The molecule has 36 heavy (non-hydrogen) atoms. The van der Waals surface area contributed by atoms with Gasteiger partial charge in [-0.1, -0.05) is 109 Å². The molecule has 0 bridgehead atoms. The van der Waals surface area contributed by atoms with Crippen LogP contribution in [0, 0.1) is 0 Å². The summed E-state index contributed by atoms with van der Waals surface area (Å²) in [6.45, 7) is 0. The first-order valence-electron chi connectivity index (χ1n) is 10.2. The molecule has 0 aliphatic carbocycles. The summed E-state index contributed by atoms with van der Waals surface area (Å²) in [5.74, 6) is -3.31. The molecule has 8 heteroatoms. The molecule has 0 amide bonds. The van der Waals surface area contributed by atoms with Gasteiger partial charge in [0.1, 0.15) is 0 Å². The molecule has 0 unspecified atom stereocenters. The van der Waals surface area contributed by atoms with Gasteiger partial charge in [0.05, 0.1) is 11.9 Å². The Kier molecular flexibility index (Phi) is 12.4. The SMILES string of the molecule is O=C([O-])c1ccccc1C(=O)c1ccccc1.O=C([O-])c1ccccc1C(=O)c1ccccc1.[Li+].[Li+]. The fourth-order valence-corrected chi connectivity index (χ4v) is 3.21. The van der Waals surface area contributed by atoms with Crippen molar-refractivity contribution in [1.82, 2.24) is 0 Å². The normalized spacial score (nSPS) is 9.33. The third-order valence-corrected chi connectivity index (χ3v) is 4.86. The number of aromatic carboxylic acids is 2. The number of carbonyl (C=O) groups is 4. The van der Waals surface area contributed by atoms with Gasteiger partial charge in [-0.15, -0.1) is 0 Å². The average Bonchev–Trinajstić information content (AvgIpc) is 2.89. The molecule has 0 N–H and O–H groups in total. The van der Waals surface area contributed by atoms with E-state index in [4.69, 9.17) is 0 Å². The Labute approximate surface area is 232 Å². The van der Waals surface area contributed by atoms with Gasteiger partial charge in [0, 0.05) is 33.4 Å². The zero-order valence-corrected chi connectivity index (χ0v) is 19.8. The van der Waals surface area contributed by atoms with Gasteiger partial charge in [-0.05, 0) is 0 Å². The molecule has 0 aliphatic rings. The second-order valence-corrected chi connectivity index (χ2v) is 7.06. The monoisotopic (exact) mass is 464 g/mol. The molecule has 0 heterocycles. The van der Waals surface area contributed by atoms with Crippen LogP contribution in [-0.2, 0) is 0 Å². The quantitative estimate of drug-likeness (QED) is 0.217. The Morgan fingerprint density at radius 3 is 0.917 bits per heavy atom. The second-order valence-electron chi connectivity index (χ2n) is 7.06. The number of ketones is 2. The van der Waals surface area contributed by atoms with Crippen molar-refractivity contribution < 1.29 is 67.1 Å². The number of hydrogen-bond acceptors (Lipinski definition) is 6. The van der Waals surface area contributed by atoms with E-state index in [0.29, 0.717) is 11.1 Å². The van der Waals surface area contributed by atoms with E-state index in [0.717, 1.165) is 0 Å². The van der Waals surface area contributed by atoms with E-state index in [1.807, 2.05) is 0 Å². The minimum absolute atomic E-state index is 0. The topological polar surface area (TPSA) is 114 Å². The maximum absolute atomic E-state index is 12.1. The third-order valence-electron chi connectivity index (χ3n) is 4.86. The predicted octanol–water partition coefficient (Wildman–Crippen LogP) is -3.43. The summed E-state index contributed by atoms with van der Waals surface area (Å²) in [6.07, 6.45) is 0. The number of hydrogen-bond donors (Lipinski definition) is 0. The molecule has 0 saturated heterocycles. The summed E-state index contributed by atoms with van der Waals surface area (Å²) in [6, 6.07) is 29.2. The molecule has 0 fully saturated rings. The molecule has 168 valence electrons. The number of carbonyl (C=O) groups excluding carboxylic acids is 4. The van der Waals surface area contributed by atoms with Crippen molar-refractivity contribution in [2.45, 2.75) is 0 Å². The van der Waals surface area contributed by atoms with Crippen LogP contribution in [-0.4, -0.2) is 23.5 Å². The van der Waals surface area contributed by atoms with Crippen molar-refractivity contribution in [3.63, 3.8) is 0 Å². The first kappa shape index (κ1) is 30.4. The van der Waals surface area contributed by atoms with Gasteiger partial charge >= 0.3 is 37.7 Å². The van der Waals surface area contributed by atoms with Crippen LogP contribution < -0.4 is 47.9 Å². The predicted molar refractivity (Wildman–Crippen MR) is 121 cm³/mol. The van der Waals surface area contributed by atoms with Crippen LogP contribution in [0.15, 0.2) is 109 Å². The number of carboxylic acid groups (broad SMARTS) is 2. The van der Waals surface area contributed by atoms with E-state index in [9.17, 15) is 29.4 Å². The zero-order valence-electron chi connectivity index (χ0n) is 19.8. The molecule has 0 saturated carbocycles. The molecule has 0 atom stereocenters. The first-order valence-corrected chi connectivity index (χ1v) is 10.2. The standard InChI is InChI=1S/2C14H10O3.2Li/c2*15-13(10-6-2-1-3-7-10)11-8-4-5-9-12(11)14(16)17;;/h2*1-9H,(H,16,17);;/q;;2*+1/p-2. The number of rotatable bonds is 6. The van der Waals surface area contributed by atoms with Crippen LogP contribution in [0.5, 0.6) is 0 Å². The fraction of sp³-hybridized carbons (Fsp3) is 0. The van der Waals surface area contributed by atoms with Gasteiger partial charge in [0.15, 0.2) is 11.6 Å². The summed E-state index contributed by atoms with van der Waals surface area (Å²) in [5.41, 5.74) is 1.06. The Morgan fingerprint density at radius 2 is 0.639 bits per heavy atom. The van der Waals surface area contributed by atoms with E-state index in [1.165, 1.54) is 24.3 Å². The summed E-state index contributed by atoms with van der Waals surface area (Å²) in [5, 5.41) is 21.8. The maximum atomic E-state index is 12.1. The Balaban J connectivity index is 0.000000341. The van der Waals surface area contributed by atoms with Gasteiger partial charge in [-0.3, -0.25) is 9.59 Å². The molecule has 0 radical (unpaired) electrons. The largest absolute Gasteiger partial charge is 1.00 e. The molecule has 0 spiro atoms. The van der Waals surface area contributed by atoms with Crippen LogP contribution in [0.1, 0.15) is 52.6 Å². The minimum atomic E-state index is -1.34. The van der Waals surface area contributed by atoms with Gasteiger partial charge in [0.25, 0.3) is 0 Å². The summed E-state index contributed by atoms with van der Waals surface area (Å²) < 4.78 is 0. The third kappa shape index (κ3) is 7.68. The number of carboxylic acids is 2. The van der Waals surface area contributed by atoms with Crippen LogP contribution in [0.3, 0.4) is 0 Å². The molecule has 6 nitrogen and oxygen atoms in total. The van der Waals surface area contributed by atoms with Crippen molar-refractivity contribution in [2.24, 2.45) is 0 Å². The van der Waals surface area contributed by atoms with E-state index >= 15 is 0 Å². The van der Waals surface area contributed by atoms with E-state index < -0.39 is 11.9 Å². The van der Waals surface area contributed by atoms with Crippen LogP contribution >= 0.6 is 0 Å². The van der Waals surface area contributed by atoms with Gasteiger partial charge in [-0.25, -0.2) is 0 Å². The number of benzene rings is 4. The van der Waals surface area contributed by atoms with Crippen molar-refractivity contribution >= 4 is 23.5 Å². The summed E-state index contributed by atoms with van der Waals surface area (Å²) in [4.78, 5) is 45.9. The molecule has 4 aromatic carbocycles. The minimum Gasteiger partial charge on any atom is -0.545 e. The van der Waals surface area contributed by atoms with Crippen molar-refractivity contribution in [2.75, 3.05) is 0 Å². The Morgan fingerprint density at radius 1 is 0.389 bits per heavy atom. The molecule has 0 aliphatic heterocycles. The smallest absolute Gasteiger partial charge is 0.545 e. The van der Waals surface area contributed by atoms with Crippen molar-refractivity contribution in [3.05, 3.63) is 143 Å². The molecule has 0 aromatic heterocycles. The molecule has 4 aromatic rings. The zero-order chi connectivity index (χ0) is 24.5. The average molecular weight is 464 g/mol. The van der Waals surface area contributed by atoms with Gasteiger partial charge in [-0.2, -0.15) is 0 Å². The van der Waals surface area contributed by atoms with Gasteiger partial charge in [0.2, 0.25) is 0 Å².